The molecule has 1 rings (SSSR count). The van der Waals surface area contributed by atoms with Crippen molar-refractivity contribution in [2.24, 2.45) is 5.92 Å². The minimum Gasteiger partial charge on any atom is -0.377 e. The summed E-state index contributed by atoms with van der Waals surface area (Å²) in [6.07, 6.45) is 5.09. The standard InChI is InChI=1S/C9H16O/c1-7(2)8-4-5-9(6-8)10-3/h6-7,9H,4-5H2,1-3H3. The van der Waals surface area contributed by atoms with E-state index in [2.05, 4.69) is 19.9 Å². The molecule has 0 N–H and O–H groups in total. The maximum atomic E-state index is 5.22. The Morgan fingerprint density at radius 3 is 2.60 bits per heavy atom. The second-order valence-corrected chi connectivity index (χ2v) is 3.21. The van der Waals surface area contributed by atoms with Gasteiger partial charge in [-0.2, -0.15) is 0 Å². The number of hydrogen-bond donors (Lipinski definition) is 0. The zero-order valence-electron chi connectivity index (χ0n) is 7.05. The van der Waals surface area contributed by atoms with Gasteiger partial charge in [0.05, 0.1) is 6.10 Å². The first-order chi connectivity index (χ1) is 4.74. The summed E-state index contributed by atoms with van der Waals surface area (Å²) in [6.45, 7) is 4.48. The van der Waals surface area contributed by atoms with Gasteiger partial charge in [-0.25, -0.2) is 0 Å². The van der Waals surface area contributed by atoms with Gasteiger partial charge in [0.25, 0.3) is 0 Å². The molecular weight excluding hydrogens is 124 g/mol. The van der Waals surface area contributed by atoms with E-state index in [0.29, 0.717) is 12.0 Å². The predicted molar refractivity (Wildman–Crippen MR) is 43.0 cm³/mol. The minimum absolute atomic E-state index is 0.400. The van der Waals surface area contributed by atoms with Gasteiger partial charge in [-0.3, -0.25) is 0 Å². The van der Waals surface area contributed by atoms with Crippen LogP contribution in [0.4, 0.5) is 0 Å². The van der Waals surface area contributed by atoms with E-state index in [1.54, 1.807) is 12.7 Å². The van der Waals surface area contributed by atoms with Crippen LogP contribution < -0.4 is 0 Å². The van der Waals surface area contributed by atoms with E-state index < -0.39 is 0 Å². The summed E-state index contributed by atoms with van der Waals surface area (Å²) in [5.41, 5.74) is 1.56. The summed E-state index contributed by atoms with van der Waals surface area (Å²) < 4.78 is 5.22. The van der Waals surface area contributed by atoms with Gasteiger partial charge < -0.3 is 4.74 Å². The highest BCUT2D eigenvalue weighted by molar-refractivity contribution is 5.13. The van der Waals surface area contributed by atoms with E-state index in [1.807, 2.05) is 0 Å². The van der Waals surface area contributed by atoms with Gasteiger partial charge in [0.2, 0.25) is 0 Å². The average molecular weight is 140 g/mol. The second kappa shape index (κ2) is 3.20. The van der Waals surface area contributed by atoms with Gasteiger partial charge >= 0.3 is 0 Å². The van der Waals surface area contributed by atoms with E-state index in [4.69, 9.17) is 4.74 Å². The molecule has 1 aliphatic rings. The van der Waals surface area contributed by atoms with Crippen molar-refractivity contribution < 1.29 is 4.74 Å². The SMILES string of the molecule is COC1C=C(C(C)C)CC1. The van der Waals surface area contributed by atoms with E-state index in [-0.39, 0.29) is 0 Å². The summed E-state index contributed by atoms with van der Waals surface area (Å²) >= 11 is 0. The average Bonchev–Trinajstić information content (AvgIpc) is 2.34. The third kappa shape index (κ3) is 1.60. The molecule has 1 atom stereocenters. The van der Waals surface area contributed by atoms with Crippen molar-refractivity contribution in [1.29, 1.82) is 0 Å². The Hall–Kier alpha value is -0.300. The van der Waals surface area contributed by atoms with Crippen LogP contribution in [0.2, 0.25) is 0 Å². The fraction of sp³-hybridized carbons (Fsp3) is 0.778. The molecule has 10 heavy (non-hydrogen) atoms. The van der Waals surface area contributed by atoms with E-state index >= 15 is 0 Å². The molecule has 0 heterocycles. The van der Waals surface area contributed by atoms with Crippen LogP contribution in [0.25, 0.3) is 0 Å². The predicted octanol–water partition coefficient (Wildman–Crippen LogP) is 2.38. The molecule has 0 saturated heterocycles. The van der Waals surface area contributed by atoms with Crippen LogP contribution in [0, 0.1) is 5.92 Å². The highest BCUT2D eigenvalue weighted by atomic mass is 16.5. The minimum atomic E-state index is 0.400. The Morgan fingerprint density at radius 1 is 1.60 bits per heavy atom. The van der Waals surface area contributed by atoms with Crippen LogP contribution in [0.3, 0.4) is 0 Å². The zero-order chi connectivity index (χ0) is 7.56. The summed E-state index contributed by atoms with van der Waals surface area (Å²) in [6, 6.07) is 0. The first-order valence-electron chi connectivity index (χ1n) is 3.97. The third-order valence-electron chi connectivity index (χ3n) is 2.16. The summed E-state index contributed by atoms with van der Waals surface area (Å²) in [5, 5.41) is 0. The topological polar surface area (TPSA) is 9.23 Å². The molecule has 58 valence electrons. The lowest BCUT2D eigenvalue weighted by molar-refractivity contribution is 0.141. The van der Waals surface area contributed by atoms with E-state index in [1.165, 1.54) is 12.8 Å². The van der Waals surface area contributed by atoms with Crippen molar-refractivity contribution in [3.63, 3.8) is 0 Å². The first-order valence-corrected chi connectivity index (χ1v) is 3.97. The molecule has 0 aromatic heterocycles. The van der Waals surface area contributed by atoms with Crippen LogP contribution in [-0.4, -0.2) is 13.2 Å². The molecule has 0 saturated carbocycles. The quantitative estimate of drug-likeness (QED) is 0.535. The maximum absolute atomic E-state index is 5.22. The van der Waals surface area contributed by atoms with Crippen LogP contribution in [-0.2, 0) is 4.74 Å². The smallest absolute Gasteiger partial charge is 0.0757 e. The van der Waals surface area contributed by atoms with Crippen molar-refractivity contribution >= 4 is 0 Å². The lowest BCUT2D eigenvalue weighted by Gasteiger charge is -2.02. The Balaban J connectivity index is 2.48. The number of hydrogen-bond acceptors (Lipinski definition) is 1. The van der Waals surface area contributed by atoms with Crippen LogP contribution >= 0.6 is 0 Å². The number of allylic oxidation sites excluding steroid dienone is 1. The van der Waals surface area contributed by atoms with Gasteiger partial charge in [0.1, 0.15) is 0 Å². The molecule has 0 bridgehead atoms. The molecule has 0 aromatic rings. The number of ether oxygens (including phenoxy) is 1. The fourth-order valence-corrected chi connectivity index (χ4v) is 1.38. The van der Waals surface area contributed by atoms with E-state index in [0.717, 1.165) is 0 Å². The van der Waals surface area contributed by atoms with Crippen molar-refractivity contribution in [3.8, 4) is 0 Å². The first kappa shape index (κ1) is 7.80. The molecule has 1 unspecified atom stereocenters. The molecule has 1 nitrogen and oxygen atoms in total. The van der Waals surface area contributed by atoms with Gasteiger partial charge in [-0.1, -0.05) is 25.5 Å². The molecule has 1 aliphatic carbocycles. The van der Waals surface area contributed by atoms with Crippen LogP contribution in [0.1, 0.15) is 26.7 Å². The summed E-state index contributed by atoms with van der Waals surface area (Å²) in [4.78, 5) is 0. The summed E-state index contributed by atoms with van der Waals surface area (Å²) in [5.74, 6) is 0.708. The molecule has 0 fully saturated rings. The second-order valence-electron chi connectivity index (χ2n) is 3.21. The molecule has 0 amide bonds. The zero-order valence-corrected chi connectivity index (χ0v) is 7.05. The number of rotatable bonds is 2. The largest absolute Gasteiger partial charge is 0.377 e. The third-order valence-corrected chi connectivity index (χ3v) is 2.16. The molecule has 0 spiro atoms. The normalized spacial score (nSPS) is 25.6. The Labute approximate surface area is 63.1 Å². The lowest BCUT2D eigenvalue weighted by atomic mass is 10.0. The fourth-order valence-electron chi connectivity index (χ4n) is 1.38. The molecule has 0 aromatic carbocycles. The van der Waals surface area contributed by atoms with Gasteiger partial charge in [0, 0.05) is 7.11 Å². The molecule has 1 heteroatoms. The Bertz CT molecular complexity index is 136. The van der Waals surface area contributed by atoms with Crippen molar-refractivity contribution in [3.05, 3.63) is 11.6 Å². The Morgan fingerprint density at radius 2 is 2.30 bits per heavy atom. The van der Waals surface area contributed by atoms with Crippen molar-refractivity contribution in [2.45, 2.75) is 32.8 Å². The van der Waals surface area contributed by atoms with E-state index in [9.17, 15) is 0 Å². The van der Waals surface area contributed by atoms with Gasteiger partial charge in [0.15, 0.2) is 0 Å². The monoisotopic (exact) mass is 140 g/mol. The van der Waals surface area contributed by atoms with Crippen LogP contribution in [0.15, 0.2) is 11.6 Å². The molecular formula is C9H16O. The highest BCUT2D eigenvalue weighted by Gasteiger charge is 2.16. The lowest BCUT2D eigenvalue weighted by Crippen LogP contribution is -2.00. The maximum Gasteiger partial charge on any atom is 0.0757 e. The highest BCUT2D eigenvalue weighted by Crippen LogP contribution is 2.25. The van der Waals surface area contributed by atoms with Crippen LogP contribution in [0.5, 0.6) is 0 Å². The molecule has 0 radical (unpaired) electrons. The molecule has 0 aliphatic heterocycles. The van der Waals surface area contributed by atoms with Gasteiger partial charge in [-0.05, 0) is 18.8 Å². The van der Waals surface area contributed by atoms with Gasteiger partial charge in [-0.15, -0.1) is 0 Å². The summed E-state index contributed by atoms with van der Waals surface area (Å²) in [7, 11) is 1.78. The Kier molecular flexibility index (Phi) is 2.50. The van der Waals surface area contributed by atoms with Crippen molar-refractivity contribution in [1.82, 2.24) is 0 Å². The number of methoxy groups -OCH3 is 1. The van der Waals surface area contributed by atoms with Crippen molar-refractivity contribution in [2.75, 3.05) is 7.11 Å².